The van der Waals surface area contributed by atoms with Crippen LogP contribution in [0.4, 0.5) is 0 Å². The third kappa shape index (κ3) is 4.04. The van der Waals surface area contributed by atoms with Crippen molar-refractivity contribution in [2.75, 3.05) is 27.9 Å². The Balaban J connectivity index is 4.03. The van der Waals surface area contributed by atoms with Gasteiger partial charge in [0.1, 0.15) is 5.54 Å². The standard InChI is InChI=1S/C9H19NO4/c1-9(2,8(11)14-5)10-6-7(12-3)13-4/h7,10H,6H2,1-5H3. The van der Waals surface area contributed by atoms with Crippen molar-refractivity contribution in [3.05, 3.63) is 0 Å². The van der Waals surface area contributed by atoms with E-state index < -0.39 is 5.54 Å². The maximum atomic E-state index is 11.3. The molecule has 0 aromatic heterocycles. The highest BCUT2D eigenvalue weighted by molar-refractivity contribution is 5.79. The van der Waals surface area contributed by atoms with E-state index in [9.17, 15) is 4.79 Å². The van der Waals surface area contributed by atoms with E-state index in [-0.39, 0.29) is 12.3 Å². The third-order valence-corrected chi connectivity index (χ3v) is 1.93. The summed E-state index contributed by atoms with van der Waals surface area (Å²) in [5.41, 5.74) is -0.732. The van der Waals surface area contributed by atoms with Gasteiger partial charge in [-0.3, -0.25) is 10.1 Å². The van der Waals surface area contributed by atoms with Crippen LogP contribution in [0.15, 0.2) is 0 Å². The first-order chi connectivity index (χ1) is 6.47. The van der Waals surface area contributed by atoms with Crippen molar-refractivity contribution in [1.29, 1.82) is 0 Å². The predicted molar refractivity (Wildman–Crippen MR) is 51.9 cm³/mol. The van der Waals surface area contributed by atoms with E-state index in [0.29, 0.717) is 6.54 Å². The molecule has 0 aromatic carbocycles. The molecule has 0 aliphatic heterocycles. The molecule has 0 aliphatic rings. The van der Waals surface area contributed by atoms with Crippen molar-refractivity contribution < 1.29 is 19.0 Å². The normalized spacial score (nSPS) is 11.9. The van der Waals surface area contributed by atoms with Crippen molar-refractivity contribution in [2.45, 2.75) is 25.7 Å². The quantitative estimate of drug-likeness (QED) is 0.494. The highest BCUT2D eigenvalue weighted by Crippen LogP contribution is 2.04. The van der Waals surface area contributed by atoms with Gasteiger partial charge in [-0.05, 0) is 13.8 Å². The van der Waals surface area contributed by atoms with E-state index in [1.807, 2.05) is 0 Å². The number of esters is 1. The molecule has 0 aromatic rings. The molecule has 5 heteroatoms. The van der Waals surface area contributed by atoms with Crippen LogP contribution in [0.3, 0.4) is 0 Å². The van der Waals surface area contributed by atoms with Gasteiger partial charge in [-0.1, -0.05) is 0 Å². The van der Waals surface area contributed by atoms with Gasteiger partial charge in [0.2, 0.25) is 0 Å². The van der Waals surface area contributed by atoms with Crippen LogP contribution in [0.25, 0.3) is 0 Å². The summed E-state index contributed by atoms with van der Waals surface area (Å²) in [7, 11) is 4.44. The van der Waals surface area contributed by atoms with Gasteiger partial charge in [-0.2, -0.15) is 0 Å². The second kappa shape index (κ2) is 5.95. The van der Waals surface area contributed by atoms with E-state index in [1.165, 1.54) is 7.11 Å². The lowest BCUT2D eigenvalue weighted by Crippen LogP contribution is -2.50. The van der Waals surface area contributed by atoms with E-state index in [2.05, 4.69) is 10.1 Å². The molecule has 5 nitrogen and oxygen atoms in total. The van der Waals surface area contributed by atoms with Crippen molar-refractivity contribution in [3.8, 4) is 0 Å². The van der Waals surface area contributed by atoms with Gasteiger partial charge >= 0.3 is 5.97 Å². The number of ether oxygens (including phenoxy) is 3. The van der Waals surface area contributed by atoms with Crippen molar-refractivity contribution >= 4 is 5.97 Å². The summed E-state index contributed by atoms with van der Waals surface area (Å²) in [6.07, 6.45) is -0.362. The minimum atomic E-state index is -0.732. The molecule has 0 radical (unpaired) electrons. The maximum Gasteiger partial charge on any atom is 0.325 e. The zero-order valence-electron chi connectivity index (χ0n) is 9.42. The van der Waals surface area contributed by atoms with Crippen molar-refractivity contribution in [3.63, 3.8) is 0 Å². The molecule has 0 bridgehead atoms. The van der Waals surface area contributed by atoms with Crippen molar-refractivity contribution in [2.24, 2.45) is 0 Å². The van der Waals surface area contributed by atoms with Crippen LogP contribution >= 0.6 is 0 Å². The summed E-state index contributed by atoms with van der Waals surface area (Å²) < 4.78 is 14.6. The van der Waals surface area contributed by atoms with E-state index in [0.717, 1.165) is 0 Å². The minimum Gasteiger partial charge on any atom is -0.468 e. The summed E-state index contributed by atoms with van der Waals surface area (Å²) >= 11 is 0. The number of carbonyl (C=O) groups is 1. The van der Waals surface area contributed by atoms with Crippen LogP contribution < -0.4 is 5.32 Å². The van der Waals surface area contributed by atoms with E-state index >= 15 is 0 Å². The third-order valence-electron chi connectivity index (χ3n) is 1.93. The Hall–Kier alpha value is -0.650. The van der Waals surface area contributed by atoms with Crippen molar-refractivity contribution in [1.82, 2.24) is 5.32 Å². The van der Waals surface area contributed by atoms with Crippen LogP contribution in [0, 0.1) is 0 Å². The number of hydrogen-bond acceptors (Lipinski definition) is 5. The smallest absolute Gasteiger partial charge is 0.325 e. The van der Waals surface area contributed by atoms with Crippen LogP contribution in [-0.4, -0.2) is 45.7 Å². The first-order valence-electron chi connectivity index (χ1n) is 4.37. The Morgan fingerprint density at radius 3 is 2.14 bits per heavy atom. The van der Waals surface area contributed by atoms with Crippen LogP contribution in [0.2, 0.25) is 0 Å². The Morgan fingerprint density at radius 1 is 1.29 bits per heavy atom. The van der Waals surface area contributed by atoms with Gasteiger partial charge in [0.05, 0.1) is 7.11 Å². The van der Waals surface area contributed by atoms with Gasteiger partial charge in [-0.25, -0.2) is 0 Å². The molecule has 0 unspecified atom stereocenters. The Kier molecular flexibility index (Phi) is 5.68. The second-order valence-corrected chi connectivity index (χ2v) is 3.40. The Bertz CT molecular complexity index is 178. The monoisotopic (exact) mass is 205 g/mol. The molecule has 0 amide bonds. The minimum absolute atomic E-state index is 0.316. The largest absolute Gasteiger partial charge is 0.468 e. The maximum absolute atomic E-state index is 11.3. The predicted octanol–water partition coefficient (Wildman–Crippen LogP) is 0.146. The molecule has 0 heterocycles. The summed E-state index contributed by atoms with van der Waals surface area (Å²) in [4.78, 5) is 11.3. The van der Waals surface area contributed by atoms with Gasteiger partial charge in [0.15, 0.2) is 6.29 Å². The molecular weight excluding hydrogens is 186 g/mol. The molecule has 0 spiro atoms. The molecule has 0 atom stereocenters. The molecule has 0 saturated carbocycles. The van der Waals surface area contributed by atoms with E-state index in [4.69, 9.17) is 9.47 Å². The summed E-state index contributed by atoms with van der Waals surface area (Å²) in [5.74, 6) is -0.316. The number of nitrogens with one attached hydrogen (secondary N) is 1. The molecule has 1 N–H and O–H groups in total. The molecule has 14 heavy (non-hydrogen) atoms. The highest BCUT2D eigenvalue weighted by atomic mass is 16.7. The second-order valence-electron chi connectivity index (χ2n) is 3.40. The van der Waals surface area contributed by atoms with Gasteiger partial charge in [0.25, 0.3) is 0 Å². The molecule has 84 valence electrons. The first kappa shape index (κ1) is 13.4. The average molecular weight is 205 g/mol. The Morgan fingerprint density at radius 2 is 1.79 bits per heavy atom. The molecule has 0 fully saturated rings. The molecule has 0 aliphatic carbocycles. The topological polar surface area (TPSA) is 56.8 Å². The zero-order chi connectivity index (χ0) is 11.2. The number of hydrogen-bond donors (Lipinski definition) is 1. The number of rotatable bonds is 6. The summed E-state index contributed by atoms with van der Waals surface area (Å²) in [6, 6.07) is 0. The lowest BCUT2D eigenvalue weighted by atomic mass is 10.1. The van der Waals surface area contributed by atoms with Gasteiger partial charge in [0, 0.05) is 20.8 Å². The first-order valence-corrected chi connectivity index (χ1v) is 4.37. The average Bonchev–Trinajstić information content (AvgIpc) is 2.18. The fourth-order valence-corrected chi connectivity index (χ4v) is 0.929. The van der Waals surface area contributed by atoms with Gasteiger partial charge in [-0.15, -0.1) is 0 Å². The summed E-state index contributed by atoms with van der Waals surface area (Å²) in [5, 5.41) is 2.99. The van der Waals surface area contributed by atoms with Crippen LogP contribution in [-0.2, 0) is 19.0 Å². The van der Waals surface area contributed by atoms with Crippen LogP contribution in [0.5, 0.6) is 0 Å². The fourth-order valence-electron chi connectivity index (χ4n) is 0.929. The molecule has 0 rings (SSSR count). The number of carbonyl (C=O) groups excluding carboxylic acids is 1. The SMILES string of the molecule is COC(=O)C(C)(C)NCC(OC)OC. The highest BCUT2D eigenvalue weighted by Gasteiger charge is 2.28. The lowest BCUT2D eigenvalue weighted by molar-refractivity contribution is -0.148. The fraction of sp³-hybridized carbons (Fsp3) is 0.889. The van der Waals surface area contributed by atoms with Crippen LogP contribution in [0.1, 0.15) is 13.8 Å². The van der Waals surface area contributed by atoms with Gasteiger partial charge < -0.3 is 14.2 Å². The summed E-state index contributed by atoms with van der Waals surface area (Å²) in [6.45, 7) is 3.90. The Labute approximate surface area is 84.7 Å². The van der Waals surface area contributed by atoms with E-state index in [1.54, 1.807) is 28.1 Å². The number of methoxy groups -OCH3 is 3. The lowest BCUT2D eigenvalue weighted by Gasteiger charge is -2.25. The zero-order valence-corrected chi connectivity index (χ0v) is 9.42. The molecule has 0 saturated heterocycles. The molecular formula is C9H19NO4.